The van der Waals surface area contributed by atoms with E-state index in [-0.39, 0.29) is 5.91 Å². The number of rotatable bonds is 6. The third kappa shape index (κ3) is 4.09. The summed E-state index contributed by atoms with van der Waals surface area (Å²) < 4.78 is 5.88. The number of hydrogen-bond acceptors (Lipinski definition) is 3. The molecule has 0 atom stereocenters. The van der Waals surface area contributed by atoms with Crippen molar-refractivity contribution in [1.82, 2.24) is 4.90 Å². The molecular weight excluding hydrogens is 306 g/mol. The Labute approximate surface area is 133 Å². The fraction of sp³-hybridized carbons (Fsp3) is 0.188. The van der Waals surface area contributed by atoms with Gasteiger partial charge in [-0.15, -0.1) is 17.9 Å². The van der Waals surface area contributed by atoms with Crippen LogP contribution in [-0.4, -0.2) is 24.5 Å². The van der Waals surface area contributed by atoms with Gasteiger partial charge in [0.25, 0.3) is 5.91 Å². The van der Waals surface area contributed by atoms with Crippen molar-refractivity contribution in [2.75, 3.05) is 13.7 Å². The van der Waals surface area contributed by atoms with Crippen molar-refractivity contribution < 1.29 is 9.53 Å². The largest absolute Gasteiger partial charge is 0.497 e. The highest BCUT2D eigenvalue weighted by atomic mass is 35.5. The molecule has 0 bridgehead atoms. The lowest BCUT2D eigenvalue weighted by atomic mass is 10.2. The lowest BCUT2D eigenvalue weighted by molar-refractivity contribution is 0.0764. The molecule has 21 heavy (non-hydrogen) atoms. The van der Waals surface area contributed by atoms with E-state index in [1.807, 2.05) is 18.2 Å². The van der Waals surface area contributed by atoms with Gasteiger partial charge in [-0.1, -0.05) is 23.7 Å². The minimum absolute atomic E-state index is 0.0571. The van der Waals surface area contributed by atoms with Crippen LogP contribution in [0.1, 0.15) is 15.2 Å². The van der Waals surface area contributed by atoms with Gasteiger partial charge in [0.1, 0.15) is 5.75 Å². The number of carbonyl (C=O) groups is 1. The summed E-state index contributed by atoms with van der Waals surface area (Å²) >= 11 is 7.41. The van der Waals surface area contributed by atoms with Gasteiger partial charge in [0.05, 0.1) is 18.0 Å². The monoisotopic (exact) mass is 321 g/mol. The van der Waals surface area contributed by atoms with E-state index in [0.717, 1.165) is 9.21 Å². The summed E-state index contributed by atoms with van der Waals surface area (Å²) in [6.07, 6.45) is 1.72. The number of thiophene rings is 1. The van der Waals surface area contributed by atoms with Gasteiger partial charge in [-0.3, -0.25) is 4.79 Å². The molecule has 1 amide bonds. The van der Waals surface area contributed by atoms with E-state index in [1.165, 1.54) is 11.3 Å². The Morgan fingerprint density at radius 1 is 1.43 bits per heavy atom. The highest BCUT2D eigenvalue weighted by molar-refractivity contribution is 7.16. The van der Waals surface area contributed by atoms with Crippen molar-refractivity contribution in [1.29, 1.82) is 0 Å². The van der Waals surface area contributed by atoms with Crippen LogP contribution in [0.5, 0.6) is 5.75 Å². The average Bonchev–Trinajstić information content (AvgIpc) is 2.91. The van der Waals surface area contributed by atoms with E-state index >= 15 is 0 Å². The Bertz CT molecular complexity index is 639. The number of carbonyl (C=O) groups excluding carboxylic acids is 1. The molecule has 5 heteroatoms. The summed E-state index contributed by atoms with van der Waals surface area (Å²) in [5.41, 5.74) is 0.596. The first-order chi connectivity index (χ1) is 10.1. The van der Waals surface area contributed by atoms with Crippen LogP contribution in [0.15, 0.2) is 49.1 Å². The highest BCUT2D eigenvalue weighted by Gasteiger charge is 2.16. The van der Waals surface area contributed by atoms with Gasteiger partial charge < -0.3 is 9.64 Å². The van der Waals surface area contributed by atoms with Crippen molar-refractivity contribution >= 4 is 28.8 Å². The molecule has 0 saturated heterocycles. The molecule has 1 aromatic heterocycles. The minimum Gasteiger partial charge on any atom is -0.497 e. The first-order valence-electron chi connectivity index (χ1n) is 6.42. The number of ether oxygens (including phenoxy) is 1. The first kappa shape index (κ1) is 15.6. The predicted molar refractivity (Wildman–Crippen MR) is 87.3 cm³/mol. The summed E-state index contributed by atoms with van der Waals surface area (Å²) in [6, 6.07) is 10.9. The van der Waals surface area contributed by atoms with Gasteiger partial charge in [0.15, 0.2) is 0 Å². The van der Waals surface area contributed by atoms with E-state index in [2.05, 4.69) is 6.58 Å². The van der Waals surface area contributed by atoms with Crippen LogP contribution >= 0.6 is 22.9 Å². The smallest absolute Gasteiger partial charge is 0.254 e. The van der Waals surface area contributed by atoms with Crippen molar-refractivity contribution in [3.8, 4) is 5.75 Å². The Hall–Kier alpha value is -1.78. The zero-order valence-electron chi connectivity index (χ0n) is 11.7. The molecule has 2 aromatic rings. The SMILES string of the molecule is C=CCN(Cc1ccc(Cl)s1)C(=O)c1cccc(OC)c1. The molecule has 110 valence electrons. The highest BCUT2D eigenvalue weighted by Crippen LogP contribution is 2.23. The van der Waals surface area contributed by atoms with Gasteiger partial charge in [-0.05, 0) is 30.3 Å². The summed E-state index contributed by atoms with van der Waals surface area (Å²) in [7, 11) is 1.58. The molecule has 3 nitrogen and oxygen atoms in total. The van der Waals surface area contributed by atoms with E-state index in [0.29, 0.717) is 24.4 Å². The first-order valence-corrected chi connectivity index (χ1v) is 7.62. The van der Waals surface area contributed by atoms with Crippen LogP contribution in [-0.2, 0) is 6.54 Å². The van der Waals surface area contributed by atoms with Gasteiger partial charge >= 0.3 is 0 Å². The Balaban J connectivity index is 2.19. The zero-order chi connectivity index (χ0) is 15.2. The van der Waals surface area contributed by atoms with E-state index in [1.54, 1.807) is 36.3 Å². The summed E-state index contributed by atoms with van der Waals surface area (Å²) in [4.78, 5) is 15.4. The van der Waals surface area contributed by atoms with Crippen molar-refractivity contribution in [3.05, 3.63) is 63.8 Å². The van der Waals surface area contributed by atoms with Crippen molar-refractivity contribution in [3.63, 3.8) is 0 Å². The summed E-state index contributed by atoms with van der Waals surface area (Å²) in [5, 5.41) is 0. The van der Waals surface area contributed by atoms with Crippen molar-refractivity contribution in [2.45, 2.75) is 6.54 Å². The number of benzene rings is 1. The maximum Gasteiger partial charge on any atom is 0.254 e. The van der Waals surface area contributed by atoms with Crippen LogP contribution in [0.2, 0.25) is 4.34 Å². The van der Waals surface area contributed by atoms with Crippen LogP contribution in [0.3, 0.4) is 0 Å². The fourth-order valence-electron chi connectivity index (χ4n) is 1.94. The molecule has 0 aliphatic carbocycles. The third-order valence-corrected chi connectivity index (χ3v) is 4.14. The molecule has 0 fully saturated rings. The zero-order valence-corrected chi connectivity index (χ0v) is 13.3. The van der Waals surface area contributed by atoms with E-state index in [9.17, 15) is 4.79 Å². The van der Waals surface area contributed by atoms with E-state index in [4.69, 9.17) is 16.3 Å². The Morgan fingerprint density at radius 3 is 2.86 bits per heavy atom. The van der Waals surface area contributed by atoms with Crippen LogP contribution in [0.25, 0.3) is 0 Å². The second-order valence-electron chi connectivity index (χ2n) is 4.41. The standard InChI is InChI=1S/C16H16ClNO2S/c1-3-9-18(11-14-7-8-15(17)21-14)16(19)12-5-4-6-13(10-12)20-2/h3-8,10H,1,9,11H2,2H3. The summed E-state index contributed by atoms with van der Waals surface area (Å²) in [5.74, 6) is 0.608. The molecule has 2 rings (SSSR count). The molecule has 0 aliphatic rings. The van der Waals surface area contributed by atoms with Gasteiger partial charge in [0, 0.05) is 17.0 Å². The fourth-order valence-corrected chi connectivity index (χ4v) is 3.04. The number of hydrogen-bond donors (Lipinski definition) is 0. The Kier molecular flexibility index (Phi) is 5.42. The molecule has 1 heterocycles. The summed E-state index contributed by atoms with van der Waals surface area (Å²) in [6.45, 7) is 4.71. The molecular formula is C16H16ClNO2S. The van der Waals surface area contributed by atoms with Gasteiger partial charge in [-0.2, -0.15) is 0 Å². The Morgan fingerprint density at radius 2 is 2.24 bits per heavy atom. The number of nitrogens with zero attached hydrogens (tertiary/aromatic N) is 1. The quantitative estimate of drug-likeness (QED) is 0.745. The predicted octanol–water partition coefficient (Wildman–Crippen LogP) is 4.24. The van der Waals surface area contributed by atoms with E-state index < -0.39 is 0 Å². The van der Waals surface area contributed by atoms with Gasteiger partial charge in [0.2, 0.25) is 0 Å². The molecule has 0 N–H and O–H groups in total. The molecule has 0 unspecified atom stereocenters. The normalized spacial score (nSPS) is 10.2. The minimum atomic E-state index is -0.0571. The van der Waals surface area contributed by atoms with Crippen LogP contribution in [0, 0.1) is 0 Å². The molecule has 0 spiro atoms. The lowest BCUT2D eigenvalue weighted by Gasteiger charge is -2.20. The van der Waals surface area contributed by atoms with Gasteiger partial charge in [-0.25, -0.2) is 0 Å². The maximum absolute atomic E-state index is 12.6. The van der Waals surface area contributed by atoms with Crippen molar-refractivity contribution in [2.24, 2.45) is 0 Å². The topological polar surface area (TPSA) is 29.5 Å². The third-order valence-electron chi connectivity index (χ3n) is 2.93. The second kappa shape index (κ2) is 7.29. The number of amides is 1. The molecule has 0 radical (unpaired) electrons. The molecule has 0 aliphatic heterocycles. The van der Waals surface area contributed by atoms with Crippen LogP contribution < -0.4 is 4.74 Å². The van der Waals surface area contributed by atoms with Crippen LogP contribution in [0.4, 0.5) is 0 Å². The molecule has 0 saturated carbocycles. The number of halogens is 1. The second-order valence-corrected chi connectivity index (χ2v) is 6.21. The lowest BCUT2D eigenvalue weighted by Crippen LogP contribution is -2.30. The maximum atomic E-state index is 12.6. The number of methoxy groups -OCH3 is 1. The molecule has 1 aromatic carbocycles. The average molecular weight is 322 g/mol.